The summed E-state index contributed by atoms with van der Waals surface area (Å²) in [5.74, 6) is 0.895. The average molecular weight is 190 g/mol. The lowest BCUT2D eigenvalue weighted by Crippen LogP contribution is -2.20. The van der Waals surface area contributed by atoms with Gasteiger partial charge in [-0.05, 0) is 6.42 Å². The summed E-state index contributed by atoms with van der Waals surface area (Å²) < 4.78 is 3.40. The number of hydrogen-bond donors (Lipinski definition) is 0. The molecule has 0 N–H and O–H groups in total. The second-order valence-electron chi connectivity index (χ2n) is 3.59. The van der Waals surface area contributed by atoms with E-state index >= 15 is 0 Å². The van der Waals surface area contributed by atoms with Gasteiger partial charge >= 0.3 is 0 Å². The third-order valence-electron chi connectivity index (χ3n) is 2.71. The van der Waals surface area contributed by atoms with E-state index in [4.69, 9.17) is 0 Å². The van der Waals surface area contributed by atoms with Crippen LogP contribution in [0.2, 0.25) is 0 Å². The molecule has 0 aromatic carbocycles. The van der Waals surface area contributed by atoms with Gasteiger partial charge in [0.2, 0.25) is 0 Å². The Morgan fingerprint density at radius 2 is 2.36 bits per heavy atom. The summed E-state index contributed by atoms with van der Waals surface area (Å²) in [6.07, 6.45) is 3.51. The van der Waals surface area contributed by atoms with E-state index in [0.29, 0.717) is 11.0 Å². The molecule has 0 aliphatic carbocycles. The molecule has 0 spiro atoms. The zero-order valence-electron chi connectivity index (χ0n) is 7.90. The Balaban J connectivity index is 2.52. The minimum Gasteiger partial charge on any atom is -0.296 e. The summed E-state index contributed by atoms with van der Waals surface area (Å²) in [4.78, 5) is 16.3. The van der Waals surface area contributed by atoms with Crippen molar-refractivity contribution in [2.45, 2.75) is 19.4 Å². The van der Waals surface area contributed by atoms with E-state index in [1.807, 2.05) is 0 Å². The summed E-state index contributed by atoms with van der Waals surface area (Å²) in [6, 6.07) is 0. The van der Waals surface area contributed by atoms with Gasteiger partial charge in [-0.3, -0.25) is 14.0 Å². The lowest BCUT2D eigenvalue weighted by atomic mass is 10.3. The fraction of sp³-hybridized carbons (Fsp3) is 0.444. The molecule has 14 heavy (non-hydrogen) atoms. The van der Waals surface area contributed by atoms with Gasteiger partial charge in [0.25, 0.3) is 5.56 Å². The molecule has 0 saturated carbocycles. The molecule has 5 heteroatoms. The van der Waals surface area contributed by atoms with Crippen molar-refractivity contribution in [2.75, 3.05) is 0 Å². The van der Waals surface area contributed by atoms with E-state index in [9.17, 15) is 4.79 Å². The number of hydrogen-bond acceptors (Lipinski definition) is 3. The third kappa shape index (κ3) is 0.814. The Kier molecular flexibility index (Phi) is 1.34. The SMILES string of the molecule is Cn1ncc2c(=O)n3c(nc21)CCC3. The fourth-order valence-corrected chi connectivity index (χ4v) is 1.98. The zero-order valence-corrected chi connectivity index (χ0v) is 7.90. The molecule has 3 rings (SSSR count). The maximum Gasteiger partial charge on any atom is 0.264 e. The Hall–Kier alpha value is -1.65. The van der Waals surface area contributed by atoms with Crippen LogP contribution < -0.4 is 5.56 Å². The van der Waals surface area contributed by atoms with Crippen molar-refractivity contribution in [1.29, 1.82) is 0 Å². The summed E-state index contributed by atoms with van der Waals surface area (Å²) >= 11 is 0. The van der Waals surface area contributed by atoms with E-state index in [0.717, 1.165) is 25.2 Å². The van der Waals surface area contributed by atoms with Gasteiger partial charge in [0.1, 0.15) is 11.2 Å². The predicted octanol–water partition coefficient (Wildman–Crippen LogP) is 0.0762. The topological polar surface area (TPSA) is 52.7 Å². The summed E-state index contributed by atoms with van der Waals surface area (Å²) in [5, 5.41) is 4.66. The number of fused-ring (bicyclic) bond motifs is 2. The van der Waals surface area contributed by atoms with Crippen LogP contribution in [-0.2, 0) is 20.0 Å². The third-order valence-corrected chi connectivity index (χ3v) is 2.71. The van der Waals surface area contributed by atoms with E-state index in [1.54, 1.807) is 22.5 Å². The molecular weight excluding hydrogens is 180 g/mol. The maximum atomic E-state index is 11.9. The van der Waals surface area contributed by atoms with Crippen LogP contribution in [0, 0.1) is 0 Å². The molecule has 0 radical (unpaired) electrons. The first kappa shape index (κ1) is 7.73. The van der Waals surface area contributed by atoms with Crippen LogP contribution in [0.4, 0.5) is 0 Å². The van der Waals surface area contributed by atoms with E-state index < -0.39 is 0 Å². The van der Waals surface area contributed by atoms with Gasteiger partial charge in [-0.25, -0.2) is 4.98 Å². The molecule has 0 amide bonds. The Bertz CT molecular complexity index is 566. The smallest absolute Gasteiger partial charge is 0.264 e. The normalized spacial score (nSPS) is 14.9. The highest BCUT2D eigenvalue weighted by atomic mass is 16.1. The molecule has 72 valence electrons. The van der Waals surface area contributed by atoms with Gasteiger partial charge in [-0.15, -0.1) is 0 Å². The fourth-order valence-electron chi connectivity index (χ4n) is 1.98. The first-order valence-corrected chi connectivity index (χ1v) is 4.69. The molecule has 0 saturated heterocycles. The number of aryl methyl sites for hydroxylation is 2. The van der Waals surface area contributed by atoms with Crippen molar-refractivity contribution in [3.8, 4) is 0 Å². The predicted molar refractivity (Wildman–Crippen MR) is 51.1 cm³/mol. The van der Waals surface area contributed by atoms with E-state index in [1.165, 1.54) is 0 Å². The van der Waals surface area contributed by atoms with Crippen molar-refractivity contribution in [2.24, 2.45) is 7.05 Å². The maximum absolute atomic E-state index is 11.9. The Morgan fingerprint density at radius 1 is 1.50 bits per heavy atom. The Labute approximate surface area is 80.0 Å². The van der Waals surface area contributed by atoms with Gasteiger partial charge in [0.15, 0.2) is 5.65 Å². The Morgan fingerprint density at radius 3 is 3.21 bits per heavy atom. The first-order valence-electron chi connectivity index (χ1n) is 4.69. The van der Waals surface area contributed by atoms with Crippen LogP contribution >= 0.6 is 0 Å². The molecule has 3 heterocycles. The van der Waals surface area contributed by atoms with Gasteiger partial charge < -0.3 is 0 Å². The highest BCUT2D eigenvalue weighted by molar-refractivity contribution is 5.73. The van der Waals surface area contributed by atoms with Crippen LogP contribution in [0.25, 0.3) is 11.0 Å². The average Bonchev–Trinajstić information content (AvgIpc) is 2.75. The lowest BCUT2D eigenvalue weighted by molar-refractivity contribution is 0.716. The molecule has 2 aromatic heterocycles. The molecule has 1 aliphatic rings. The van der Waals surface area contributed by atoms with Crippen molar-refractivity contribution in [3.05, 3.63) is 22.4 Å². The van der Waals surface area contributed by atoms with Crippen molar-refractivity contribution < 1.29 is 0 Å². The monoisotopic (exact) mass is 190 g/mol. The number of nitrogens with zero attached hydrogens (tertiary/aromatic N) is 4. The second-order valence-corrected chi connectivity index (χ2v) is 3.59. The quantitative estimate of drug-likeness (QED) is 0.591. The minimum atomic E-state index is 0.0515. The van der Waals surface area contributed by atoms with Crippen LogP contribution in [-0.4, -0.2) is 19.3 Å². The van der Waals surface area contributed by atoms with Crippen molar-refractivity contribution >= 4 is 11.0 Å². The molecule has 0 fully saturated rings. The molecule has 0 unspecified atom stereocenters. The minimum absolute atomic E-state index is 0.0515. The van der Waals surface area contributed by atoms with Gasteiger partial charge in [-0.1, -0.05) is 0 Å². The number of rotatable bonds is 0. The van der Waals surface area contributed by atoms with Crippen LogP contribution in [0.15, 0.2) is 11.0 Å². The van der Waals surface area contributed by atoms with E-state index in [2.05, 4.69) is 10.1 Å². The van der Waals surface area contributed by atoms with Crippen molar-refractivity contribution in [1.82, 2.24) is 19.3 Å². The molecule has 2 aromatic rings. The number of aromatic nitrogens is 4. The highest BCUT2D eigenvalue weighted by Gasteiger charge is 2.17. The van der Waals surface area contributed by atoms with Gasteiger partial charge in [-0.2, -0.15) is 5.10 Å². The van der Waals surface area contributed by atoms with Crippen LogP contribution in [0.5, 0.6) is 0 Å². The largest absolute Gasteiger partial charge is 0.296 e. The highest BCUT2D eigenvalue weighted by Crippen LogP contribution is 2.13. The van der Waals surface area contributed by atoms with E-state index in [-0.39, 0.29) is 5.56 Å². The molecule has 0 bridgehead atoms. The summed E-state index contributed by atoms with van der Waals surface area (Å²) in [6.45, 7) is 0.798. The molecule has 0 atom stereocenters. The summed E-state index contributed by atoms with van der Waals surface area (Å²) in [7, 11) is 1.81. The molecular formula is C9H10N4O. The summed E-state index contributed by atoms with van der Waals surface area (Å²) in [5.41, 5.74) is 0.749. The van der Waals surface area contributed by atoms with Gasteiger partial charge in [0.05, 0.1) is 6.20 Å². The second kappa shape index (κ2) is 2.43. The van der Waals surface area contributed by atoms with Crippen LogP contribution in [0.1, 0.15) is 12.2 Å². The van der Waals surface area contributed by atoms with Crippen molar-refractivity contribution in [3.63, 3.8) is 0 Å². The zero-order chi connectivity index (χ0) is 9.71. The first-order chi connectivity index (χ1) is 6.77. The molecule has 1 aliphatic heterocycles. The molecule has 5 nitrogen and oxygen atoms in total. The van der Waals surface area contributed by atoms with Gasteiger partial charge in [0, 0.05) is 20.0 Å². The van der Waals surface area contributed by atoms with Crippen LogP contribution in [0.3, 0.4) is 0 Å². The standard InChI is InChI=1S/C9H10N4O/c1-12-8-6(5-10-12)9(14)13-4-2-3-7(13)11-8/h5H,2-4H2,1H3. The lowest BCUT2D eigenvalue weighted by Gasteiger charge is -2.01.